The van der Waals surface area contributed by atoms with Crippen molar-refractivity contribution in [3.05, 3.63) is 34.6 Å². The van der Waals surface area contributed by atoms with Gasteiger partial charge >= 0.3 is 0 Å². The Kier molecular flexibility index (Phi) is 10.7. The molecule has 11 heteroatoms. The largest absolute Gasteiger partial charge is 0.356 e. The van der Waals surface area contributed by atoms with Crippen LogP contribution < -0.4 is 21.3 Å². The molecule has 2 aliphatic rings. The average molecular weight is 579 g/mol. The summed E-state index contributed by atoms with van der Waals surface area (Å²) >= 11 is 5.87. The van der Waals surface area contributed by atoms with Gasteiger partial charge in [0.25, 0.3) is 5.91 Å². The third kappa shape index (κ3) is 9.28. The molecule has 0 spiro atoms. The molecule has 3 unspecified atom stereocenters. The third-order valence-electron chi connectivity index (χ3n) is 7.25. The molecule has 0 bridgehead atoms. The van der Waals surface area contributed by atoms with Crippen molar-refractivity contribution in [2.24, 2.45) is 11.3 Å². The van der Waals surface area contributed by atoms with E-state index in [4.69, 9.17) is 11.6 Å². The fraction of sp³-hybridized carbons (Fsp3) is 0.621. The number of nitrogens with one attached hydrogen (secondary N) is 4. The maximum atomic E-state index is 14.5. The van der Waals surface area contributed by atoms with Gasteiger partial charge in [-0.15, -0.1) is 0 Å². The Morgan fingerprint density at radius 2 is 1.80 bits per heavy atom. The highest BCUT2D eigenvalue weighted by molar-refractivity contribution is 6.38. The number of carbonyl (C=O) groups is 5. The first-order valence-corrected chi connectivity index (χ1v) is 14.3. The number of Topliss-reactive ketones (excluding diaryl/α,β-unsaturated/α-hetero) is 1. The predicted octanol–water partition coefficient (Wildman–Crippen LogP) is 3.14. The van der Waals surface area contributed by atoms with Gasteiger partial charge in [0, 0.05) is 29.9 Å². The van der Waals surface area contributed by atoms with E-state index in [-0.39, 0.29) is 41.6 Å². The zero-order valence-electron chi connectivity index (χ0n) is 23.6. The van der Waals surface area contributed by atoms with Gasteiger partial charge in [-0.25, -0.2) is 4.39 Å². The average Bonchev–Trinajstić information content (AvgIpc) is 3.59. The molecule has 4 atom stereocenters. The summed E-state index contributed by atoms with van der Waals surface area (Å²) in [7, 11) is 0. The standard InChI is InChI=1S/C29H40ClFN4O5/c1-5-16(20-9-6-18(30)14-21(20)31)13-24(36)34-23(15-29(2,3)4)27(39)35-22(12-17-10-11-32-26(17)38)25(37)28(40)33-19-7-8-19/h6,9,14,16-17,19,22-23H,5,7-8,10-13,15H2,1-4H3,(H,32,38)(H,33,40)(H,34,36)(H,35,39)/t16?,17-,22?,23?/m0/s1. The van der Waals surface area contributed by atoms with Crippen LogP contribution in [-0.4, -0.2) is 54.1 Å². The quantitative estimate of drug-likeness (QED) is 0.267. The maximum absolute atomic E-state index is 14.5. The van der Waals surface area contributed by atoms with Gasteiger partial charge in [-0.2, -0.15) is 0 Å². The second-order valence-corrected chi connectivity index (χ2v) is 12.5. The molecule has 40 heavy (non-hydrogen) atoms. The molecule has 4 amide bonds. The van der Waals surface area contributed by atoms with Crippen LogP contribution in [-0.2, 0) is 24.0 Å². The lowest BCUT2D eigenvalue weighted by molar-refractivity contribution is -0.141. The van der Waals surface area contributed by atoms with Crippen molar-refractivity contribution in [3.63, 3.8) is 0 Å². The van der Waals surface area contributed by atoms with Gasteiger partial charge in [0.2, 0.25) is 23.5 Å². The van der Waals surface area contributed by atoms with Crippen molar-refractivity contribution < 1.29 is 28.4 Å². The number of halogens is 2. The lowest BCUT2D eigenvalue weighted by Gasteiger charge is -2.29. The van der Waals surface area contributed by atoms with E-state index in [0.29, 0.717) is 24.9 Å². The Hall–Kier alpha value is -3.01. The third-order valence-corrected chi connectivity index (χ3v) is 7.48. The maximum Gasteiger partial charge on any atom is 0.289 e. The summed E-state index contributed by atoms with van der Waals surface area (Å²) in [5, 5.41) is 11.0. The van der Waals surface area contributed by atoms with Gasteiger partial charge in [0.15, 0.2) is 0 Å². The molecular formula is C29H40ClFN4O5. The summed E-state index contributed by atoms with van der Waals surface area (Å²) in [6.07, 6.45) is 2.73. The summed E-state index contributed by atoms with van der Waals surface area (Å²) < 4.78 is 14.5. The highest BCUT2D eigenvalue weighted by Crippen LogP contribution is 2.28. The molecule has 2 fully saturated rings. The molecule has 220 valence electrons. The van der Waals surface area contributed by atoms with Gasteiger partial charge in [-0.1, -0.05) is 45.4 Å². The van der Waals surface area contributed by atoms with Gasteiger partial charge in [0.1, 0.15) is 11.9 Å². The molecule has 1 aromatic rings. The van der Waals surface area contributed by atoms with Crippen LogP contribution in [0, 0.1) is 17.2 Å². The van der Waals surface area contributed by atoms with Gasteiger partial charge in [-0.05, 0) is 67.6 Å². The number of amides is 4. The molecular weight excluding hydrogens is 539 g/mol. The normalized spacial score (nSPS) is 19.2. The van der Waals surface area contributed by atoms with E-state index >= 15 is 0 Å². The molecule has 0 radical (unpaired) electrons. The smallest absolute Gasteiger partial charge is 0.289 e. The van der Waals surface area contributed by atoms with Crippen LogP contribution in [0.2, 0.25) is 5.02 Å². The Morgan fingerprint density at radius 3 is 2.35 bits per heavy atom. The van der Waals surface area contributed by atoms with Crippen LogP contribution in [0.4, 0.5) is 4.39 Å². The Morgan fingerprint density at radius 1 is 1.10 bits per heavy atom. The summed E-state index contributed by atoms with van der Waals surface area (Å²) in [4.78, 5) is 64.5. The number of benzene rings is 1. The SMILES string of the molecule is CCC(CC(=O)NC(CC(C)(C)C)C(=O)NC(C[C@@H]1CCNC1=O)C(=O)C(=O)NC1CC1)c1ccc(Cl)cc1F. The van der Waals surface area contributed by atoms with E-state index in [1.54, 1.807) is 12.1 Å². The molecule has 1 saturated carbocycles. The summed E-state index contributed by atoms with van der Waals surface area (Å²) in [5.74, 6) is -4.36. The molecule has 1 heterocycles. The van der Waals surface area contributed by atoms with E-state index in [1.807, 2.05) is 27.7 Å². The minimum absolute atomic E-state index is 0.0154. The van der Waals surface area contributed by atoms with Crippen LogP contribution in [0.3, 0.4) is 0 Å². The molecule has 1 aliphatic carbocycles. The van der Waals surface area contributed by atoms with Crippen molar-refractivity contribution in [1.82, 2.24) is 21.3 Å². The van der Waals surface area contributed by atoms with E-state index in [1.165, 1.54) is 6.07 Å². The van der Waals surface area contributed by atoms with Gasteiger partial charge < -0.3 is 21.3 Å². The summed E-state index contributed by atoms with van der Waals surface area (Å²) in [6, 6.07) is 2.05. The van der Waals surface area contributed by atoms with Gasteiger partial charge in [-0.3, -0.25) is 24.0 Å². The zero-order valence-corrected chi connectivity index (χ0v) is 24.3. The molecule has 1 aromatic carbocycles. The number of hydrogen-bond donors (Lipinski definition) is 4. The lowest BCUT2D eigenvalue weighted by atomic mass is 9.87. The highest BCUT2D eigenvalue weighted by Gasteiger charge is 2.37. The molecule has 3 rings (SSSR count). The van der Waals surface area contributed by atoms with E-state index < -0.39 is 53.2 Å². The predicted molar refractivity (Wildman–Crippen MR) is 149 cm³/mol. The second-order valence-electron chi connectivity index (χ2n) is 12.0. The van der Waals surface area contributed by atoms with Crippen molar-refractivity contribution in [3.8, 4) is 0 Å². The highest BCUT2D eigenvalue weighted by atomic mass is 35.5. The van der Waals surface area contributed by atoms with E-state index in [2.05, 4.69) is 21.3 Å². The Labute approximate surface area is 239 Å². The Bertz CT molecular complexity index is 1130. The molecule has 1 aliphatic heterocycles. The second kappa shape index (κ2) is 13.6. The zero-order chi connectivity index (χ0) is 29.6. The molecule has 1 saturated heterocycles. The summed E-state index contributed by atoms with van der Waals surface area (Å²) in [6.45, 7) is 8.03. The molecule has 9 nitrogen and oxygen atoms in total. The molecule has 4 N–H and O–H groups in total. The minimum Gasteiger partial charge on any atom is -0.356 e. The van der Waals surface area contributed by atoms with Crippen molar-refractivity contribution in [2.45, 2.75) is 96.7 Å². The first-order chi connectivity index (χ1) is 18.8. The van der Waals surface area contributed by atoms with Crippen molar-refractivity contribution in [2.75, 3.05) is 6.54 Å². The van der Waals surface area contributed by atoms with Crippen LogP contribution in [0.5, 0.6) is 0 Å². The monoisotopic (exact) mass is 578 g/mol. The number of ketones is 1. The van der Waals surface area contributed by atoms with Crippen LogP contribution >= 0.6 is 11.6 Å². The molecule has 0 aromatic heterocycles. The number of rotatable bonds is 13. The first kappa shape index (κ1) is 31.5. The fourth-order valence-corrected chi connectivity index (χ4v) is 5.06. The van der Waals surface area contributed by atoms with Crippen molar-refractivity contribution in [1.29, 1.82) is 0 Å². The van der Waals surface area contributed by atoms with E-state index in [0.717, 1.165) is 12.8 Å². The topological polar surface area (TPSA) is 133 Å². The van der Waals surface area contributed by atoms with E-state index in [9.17, 15) is 28.4 Å². The number of hydrogen-bond acceptors (Lipinski definition) is 5. The van der Waals surface area contributed by atoms with Crippen molar-refractivity contribution >= 4 is 41.0 Å². The minimum atomic E-state index is -1.22. The van der Waals surface area contributed by atoms with Crippen LogP contribution in [0.25, 0.3) is 0 Å². The fourth-order valence-electron chi connectivity index (χ4n) is 4.91. The van der Waals surface area contributed by atoms with Crippen LogP contribution in [0.15, 0.2) is 18.2 Å². The van der Waals surface area contributed by atoms with Gasteiger partial charge in [0.05, 0.1) is 6.04 Å². The number of carbonyl (C=O) groups excluding carboxylic acids is 5. The lowest BCUT2D eigenvalue weighted by Crippen LogP contribution is -2.55. The summed E-state index contributed by atoms with van der Waals surface area (Å²) in [5.41, 5.74) is -0.0170. The van der Waals surface area contributed by atoms with Crippen LogP contribution in [0.1, 0.15) is 84.1 Å². The Balaban J connectivity index is 1.75. The first-order valence-electron chi connectivity index (χ1n) is 13.9.